The van der Waals surface area contributed by atoms with E-state index in [1.807, 2.05) is 0 Å². The molecule has 0 unspecified atom stereocenters. The lowest BCUT2D eigenvalue weighted by atomic mass is 9.86. The molecule has 0 heterocycles. The van der Waals surface area contributed by atoms with Gasteiger partial charge in [0.1, 0.15) is 6.61 Å². The Bertz CT molecular complexity index is 474. The SMILES string of the molecule is C=CC(=O)OCCOCCOCc1cccc(C(C)(C)C)c1. The highest BCUT2D eigenvalue weighted by molar-refractivity contribution is 5.81. The Morgan fingerprint density at radius 1 is 1.14 bits per heavy atom. The average Bonchev–Trinajstić information content (AvgIpc) is 2.49. The summed E-state index contributed by atoms with van der Waals surface area (Å²) >= 11 is 0. The minimum atomic E-state index is -0.432. The van der Waals surface area contributed by atoms with Gasteiger partial charge in [-0.05, 0) is 16.5 Å². The van der Waals surface area contributed by atoms with E-state index >= 15 is 0 Å². The molecule has 0 radical (unpaired) electrons. The molecule has 0 spiro atoms. The normalized spacial score (nSPS) is 11.2. The summed E-state index contributed by atoms with van der Waals surface area (Å²) in [5.41, 5.74) is 2.60. The molecule has 1 aromatic rings. The Morgan fingerprint density at radius 2 is 1.82 bits per heavy atom. The largest absolute Gasteiger partial charge is 0.460 e. The van der Waals surface area contributed by atoms with Crippen LogP contribution >= 0.6 is 0 Å². The maximum Gasteiger partial charge on any atom is 0.330 e. The topological polar surface area (TPSA) is 44.8 Å². The van der Waals surface area contributed by atoms with Crippen LogP contribution < -0.4 is 0 Å². The van der Waals surface area contributed by atoms with Gasteiger partial charge in [-0.2, -0.15) is 0 Å². The van der Waals surface area contributed by atoms with Crippen molar-refractivity contribution in [1.29, 1.82) is 0 Å². The van der Waals surface area contributed by atoms with E-state index in [0.29, 0.717) is 26.4 Å². The van der Waals surface area contributed by atoms with E-state index in [4.69, 9.17) is 14.2 Å². The Hall–Kier alpha value is -1.65. The monoisotopic (exact) mass is 306 g/mol. The second-order valence-electron chi connectivity index (χ2n) is 5.99. The molecule has 1 aromatic carbocycles. The molecule has 0 amide bonds. The lowest BCUT2D eigenvalue weighted by Crippen LogP contribution is -2.12. The zero-order chi connectivity index (χ0) is 16.4. The number of hydrogen-bond acceptors (Lipinski definition) is 4. The molecular weight excluding hydrogens is 280 g/mol. The minimum absolute atomic E-state index is 0.141. The molecule has 0 atom stereocenters. The molecule has 4 nitrogen and oxygen atoms in total. The summed E-state index contributed by atoms with van der Waals surface area (Å²) < 4.78 is 15.7. The van der Waals surface area contributed by atoms with Crippen LogP contribution in [-0.2, 0) is 31.0 Å². The van der Waals surface area contributed by atoms with E-state index in [2.05, 4.69) is 51.6 Å². The van der Waals surface area contributed by atoms with E-state index in [1.165, 1.54) is 5.56 Å². The van der Waals surface area contributed by atoms with Crippen molar-refractivity contribution in [3.63, 3.8) is 0 Å². The van der Waals surface area contributed by atoms with Gasteiger partial charge in [0.05, 0.1) is 26.4 Å². The standard InChI is InChI=1S/C18H26O4/c1-5-17(19)22-12-11-20-9-10-21-14-15-7-6-8-16(13-15)18(2,3)4/h5-8,13H,1,9-12,14H2,2-4H3. The molecule has 0 aliphatic heterocycles. The fraction of sp³-hybridized carbons (Fsp3) is 0.500. The minimum Gasteiger partial charge on any atom is -0.460 e. The van der Waals surface area contributed by atoms with Crippen molar-refractivity contribution in [2.24, 2.45) is 0 Å². The lowest BCUT2D eigenvalue weighted by molar-refractivity contribution is -0.139. The van der Waals surface area contributed by atoms with E-state index in [9.17, 15) is 4.79 Å². The van der Waals surface area contributed by atoms with Crippen molar-refractivity contribution < 1.29 is 19.0 Å². The smallest absolute Gasteiger partial charge is 0.330 e. The first-order chi connectivity index (χ1) is 10.4. The van der Waals surface area contributed by atoms with Crippen molar-refractivity contribution in [1.82, 2.24) is 0 Å². The van der Waals surface area contributed by atoms with Gasteiger partial charge in [-0.1, -0.05) is 51.6 Å². The Labute approximate surface area is 133 Å². The number of rotatable bonds is 9. The Balaban J connectivity index is 2.15. The Kier molecular flexibility index (Phi) is 7.85. The van der Waals surface area contributed by atoms with Crippen LogP contribution in [-0.4, -0.2) is 32.4 Å². The highest BCUT2D eigenvalue weighted by atomic mass is 16.6. The van der Waals surface area contributed by atoms with Gasteiger partial charge in [-0.3, -0.25) is 0 Å². The van der Waals surface area contributed by atoms with E-state index in [-0.39, 0.29) is 12.0 Å². The molecule has 0 bridgehead atoms. The number of esters is 1. The molecular formula is C18H26O4. The summed E-state index contributed by atoms with van der Waals surface area (Å²) in [7, 11) is 0. The fourth-order valence-electron chi connectivity index (χ4n) is 1.80. The predicted molar refractivity (Wildman–Crippen MR) is 86.8 cm³/mol. The van der Waals surface area contributed by atoms with Gasteiger partial charge < -0.3 is 14.2 Å². The first kappa shape index (κ1) is 18.4. The molecule has 0 aromatic heterocycles. The molecule has 122 valence electrons. The van der Waals surface area contributed by atoms with Crippen molar-refractivity contribution in [2.75, 3.05) is 26.4 Å². The fourth-order valence-corrected chi connectivity index (χ4v) is 1.80. The number of ether oxygens (including phenoxy) is 3. The van der Waals surface area contributed by atoms with E-state index < -0.39 is 5.97 Å². The quantitative estimate of drug-likeness (QED) is 0.399. The lowest BCUT2D eigenvalue weighted by Gasteiger charge is -2.19. The molecule has 4 heteroatoms. The third-order valence-electron chi connectivity index (χ3n) is 3.07. The van der Waals surface area contributed by atoms with Gasteiger partial charge in [-0.15, -0.1) is 0 Å². The Morgan fingerprint density at radius 3 is 2.50 bits per heavy atom. The van der Waals surface area contributed by atoms with Crippen LogP contribution in [0, 0.1) is 0 Å². The molecule has 0 saturated carbocycles. The second-order valence-corrected chi connectivity index (χ2v) is 5.99. The van der Waals surface area contributed by atoms with Crippen molar-refractivity contribution in [2.45, 2.75) is 32.8 Å². The second kappa shape index (κ2) is 9.38. The maximum absolute atomic E-state index is 10.8. The van der Waals surface area contributed by atoms with Crippen LogP contribution in [0.15, 0.2) is 36.9 Å². The summed E-state index contributed by atoms with van der Waals surface area (Å²) in [5.74, 6) is -0.432. The molecule has 1 rings (SSSR count). The van der Waals surface area contributed by atoms with E-state index in [1.54, 1.807) is 0 Å². The average molecular weight is 306 g/mol. The molecule has 22 heavy (non-hydrogen) atoms. The third-order valence-corrected chi connectivity index (χ3v) is 3.07. The van der Waals surface area contributed by atoms with Gasteiger partial charge in [-0.25, -0.2) is 4.79 Å². The summed E-state index contributed by atoms with van der Waals surface area (Å²) in [6, 6.07) is 8.43. The summed E-state index contributed by atoms with van der Waals surface area (Å²) in [5, 5.41) is 0. The zero-order valence-corrected chi connectivity index (χ0v) is 13.8. The van der Waals surface area contributed by atoms with Crippen LogP contribution in [0.1, 0.15) is 31.9 Å². The van der Waals surface area contributed by atoms with Gasteiger partial charge in [0, 0.05) is 6.08 Å². The maximum atomic E-state index is 10.8. The third kappa shape index (κ3) is 7.38. The molecule has 0 aliphatic rings. The first-order valence-electron chi connectivity index (χ1n) is 7.47. The van der Waals surface area contributed by atoms with Crippen LogP contribution in [0.2, 0.25) is 0 Å². The van der Waals surface area contributed by atoms with Gasteiger partial charge in [0.15, 0.2) is 0 Å². The summed E-state index contributed by atoms with van der Waals surface area (Å²) in [6.07, 6.45) is 1.13. The molecule has 0 saturated heterocycles. The highest BCUT2D eigenvalue weighted by Crippen LogP contribution is 2.22. The summed E-state index contributed by atoms with van der Waals surface area (Å²) in [6.45, 7) is 12.1. The predicted octanol–water partition coefficient (Wildman–Crippen LogP) is 3.25. The van der Waals surface area contributed by atoms with E-state index in [0.717, 1.165) is 11.6 Å². The number of carbonyl (C=O) groups excluding carboxylic acids is 1. The van der Waals surface area contributed by atoms with Crippen LogP contribution in [0.25, 0.3) is 0 Å². The van der Waals surface area contributed by atoms with Crippen molar-refractivity contribution in [3.05, 3.63) is 48.0 Å². The molecule has 0 fully saturated rings. The van der Waals surface area contributed by atoms with Crippen molar-refractivity contribution >= 4 is 5.97 Å². The molecule has 0 N–H and O–H groups in total. The van der Waals surface area contributed by atoms with Gasteiger partial charge in [0.2, 0.25) is 0 Å². The zero-order valence-electron chi connectivity index (χ0n) is 13.8. The number of hydrogen-bond donors (Lipinski definition) is 0. The van der Waals surface area contributed by atoms with Gasteiger partial charge in [0.25, 0.3) is 0 Å². The number of benzene rings is 1. The van der Waals surface area contributed by atoms with Gasteiger partial charge >= 0.3 is 5.97 Å². The van der Waals surface area contributed by atoms with Crippen LogP contribution in [0.5, 0.6) is 0 Å². The summed E-state index contributed by atoms with van der Waals surface area (Å²) in [4.78, 5) is 10.8. The molecule has 0 aliphatic carbocycles. The first-order valence-corrected chi connectivity index (χ1v) is 7.47. The number of carbonyl (C=O) groups is 1. The van der Waals surface area contributed by atoms with Crippen LogP contribution in [0.3, 0.4) is 0 Å². The van der Waals surface area contributed by atoms with Crippen LogP contribution in [0.4, 0.5) is 0 Å². The van der Waals surface area contributed by atoms with Crippen molar-refractivity contribution in [3.8, 4) is 0 Å². The highest BCUT2D eigenvalue weighted by Gasteiger charge is 2.13.